The van der Waals surface area contributed by atoms with Crippen LogP contribution >= 0.6 is 0 Å². The van der Waals surface area contributed by atoms with Crippen molar-refractivity contribution in [2.75, 3.05) is 13.1 Å². The third kappa shape index (κ3) is 1.42. The van der Waals surface area contributed by atoms with Crippen LogP contribution in [-0.2, 0) is 0 Å². The molecular formula is C14H22N2. The van der Waals surface area contributed by atoms with Gasteiger partial charge in [0.25, 0.3) is 0 Å². The molecule has 4 bridgehead atoms. The van der Waals surface area contributed by atoms with Crippen molar-refractivity contribution in [3.8, 4) is 0 Å². The molecule has 0 aromatic carbocycles. The van der Waals surface area contributed by atoms with E-state index in [0.29, 0.717) is 5.41 Å². The Bertz CT molecular complexity index is 296. The molecule has 16 heavy (non-hydrogen) atoms. The summed E-state index contributed by atoms with van der Waals surface area (Å²) >= 11 is 0. The van der Waals surface area contributed by atoms with Crippen molar-refractivity contribution in [3.63, 3.8) is 0 Å². The van der Waals surface area contributed by atoms with Gasteiger partial charge in [0.05, 0.1) is 12.4 Å². The van der Waals surface area contributed by atoms with Crippen molar-refractivity contribution >= 4 is 5.84 Å². The van der Waals surface area contributed by atoms with Crippen LogP contribution in [0.5, 0.6) is 0 Å². The van der Waals surface area contributed by atoms with E-state index in [4.69, 9.17) is 0 Å². The van der Waals surface area contributed by atoms with Gasteiger partial charge in [0.1, 0.15) is 0 Å². The fourth-order valence-corrected chi connectivity index (χ4v) is 5.43. The van der Waals surface area contributed by atoms with Crippen LogP contribution < -0.4 is 5.32 Å². The molecule has 5 aliphatic rings. The highest BCUT2D eigenvalue weighted by atomic mass is 15.1. The molecule has 0 aromatic heterocycles. The average Bonchev–Trinajstić information content (AvgIpc) is 2.66. The normalized spacial score (nSPS) is 49.2. The summed E-state index contributed by atoms with van der Waals surface area (Å²) in [6.07, 6.45) is 10.5. The van der Waals surface area contributed by atoms with Crippen LogP contribution in [0, 0.1) is 23.2 Å². The van der Waals surface area contributed by atoms with E-state index in [0.717, 1.165) is 30.8 Å². The predicted octanol–water partition coefficient (Wildman–Crippen LogP) is 2.59. The monoisotopic (exact) mass is 218 g/mol. The number of nitrogens with one attached hydrogen (secondary N) is 1. The molecule has 0 aromatic rings. The Morgan fingerprint density at radius 2 is 1.69 bits per heavy atom. The molecule has 0 amide bonds. The van der Waals surface area contributed by atoms with Crippen molar-refractivity contribution in [3.05, 3.63) is 0 Å². The summed E-state index contributed by atoms with van der Waals surface area (Å²) in [6, 6.07) is 0. The van der Waals surface area contributed by atoms with E-state index in [1.54, 1.807) is 19.3 Å². The number of rotatable bonds is 2. The molecule has 0 saturated heterocycles. The Balaban J connectivity index is 1.57. The lowest BCUT2D eigenvalue weighted by molar-refractivity contribution is -0.0484. The first-order chi connectivity index (χ1) is 7.81. The molecular weight excluding hydrogens is 196 g/mol. The second kappa shape index (κ2) is 3.24. The number of hydrogen-bond donors (Lipinski definition) is 1. The van der Waals surface area contributed by atoms with Crippen LogP contribution in [-0.4, -0.2) is 18.9 Å². The molecule has 0 radical (unpaired) electrons. The van der Waals surface area contributed by atoms with Crippen molar-refractivity contribution in [2.45, 2.75) is 44.9 Å². The van der Waals surface area contributed by atoms with Gasteiger partial charge < -0.3 is 5.32 Å². The zero-order chi connectivity index (χ0) is 10.6. The highest BCUT2D eigenvalue weighted by Gasteiger charge is 2.51. The van der Waals surface area contributed by atoms with Gasteiger partial charge in [-0.25, -0.2) is 0 Å². The second-order valence-corrected chi connectivity index (χ2v) is 6.85. The van der Waals surface area contributed by atoms with Gasteiger partial charge in [0.15, 0.2) is 0 Å². The molecule has 2 heteroatoms. The van der Waals surface area contributed by atoms with E-state index in [1.807, 2.05) is 0 Å². The summed E-state index contributed by atoms with van der Waals surface area (Å²) in [5.41, 5.74) is 0.672. The third-order valence-electron chi connectivity index (χ3n) is 5.45. The summed E-state index contributed by atoms with van der Waals surface area (Å²) in [5, 5.41) is 3.48. The molecule has 0 unspecified atom stereocenters. The lowest BCUT2D eigenvalue weighted by Gasteiger charge is -2.57. The standard InChI is InChI=1S/C14H22N2/c1-2-16-13(15-1)9-14-6-10-3-11(7-14)5-12(4-10)8-14/h10-12H,1-9H2,(H,15,16). The predicted molar refractivity (Wildman–Crippen MR) is 65.5 cm³/mol. The van der Waals surface area contributed by atoms with Crippen LogP contribution in [0.3, 0.4) is 0 Å². The minimum absolute atomic E-state index is 0.672. The topological polar surface area (TPSA) is 24.4 Å². The van der Waals surface area contributed by atoms with Gasteiger partial charge in [0.2, 0.25) is 0 Å². The Kier molecular flexibility index (Phi) is 1.92. The fraction of sp³-hybridized carbons (Fsp3) is 0.929. The van der Waals surface area contributed by atoms with E-state index < -0.39 is 0 Å². The number of aliphatic imine (C=N–C) groups is 1. The molecule has 4 saturated carbocycles. The van der Waals surface area contributed by atoms with Gasteiger partial charge in [0, 0.05) is 13.0 Å². The summed E-state index contributed by atoms with van der Waals surface area (Å²) in [5.74, 6) is 4.57. The highest BCUT2D eigenvalue weighted by molar-refractivity contribution is 5.84. The minimum Gasteiger partial charge on any atom is -0.372 e. The van der Waals surface area contributed by atoms with E-state index in [1.165, 1.54) is 31.5 Å². The molecule has 4 fully saturated rings. The number of nitrogens with zero attached hydrogens (tertiary/aromatic N) is 1. The molecule has 1 aliphatic heterocycles. The molecule has 5 rings (SSSR count). The lowest BCUT2D eigenvalue weighted by atomic mass is 9.49. The van der Waals surface area contributed by atoms with Crippen LogP contribution in [0.4, 0.5) is 0 Å². The van der Waals surface area contributed by atoms with Crippen molar-refractivity contribution in [2.24, 2.45) is 28.2 Å². The maximum absolute atomic E-state index is 4.62. The summed E-state index contributed by atoms with van der Waals surface area (Å²) in [4.78, 5) is 4.62. The molecule has 88 valence electrons. The van der Waals surface area contributed by atoms with Crippen molar-refractivity contribution in [1.29, 1.82) is 0 Å². The van der Waals surface area contributed by atoms with Crippen LogP contribution in [0.1, 0.15) is 44.9 Å². The van der Waals surface area contributed by atoms with Crippen LogP contribution in [0.2, 0.25) is 0 Å². The van der Waals surface area contributed by atoms with Crippen LogP contribution in [0.15, 0.2) is 4.99 Å². The summed E-state index contributed by atoms with van der Waals surface area (Å²) in [7, 11) is 0. The Morgan fingerprint density at radius 3 is 2.19 bits per heavy atom. The van der Waals surface area contributed by atoms with E-state index in [2.05, 4.69) is 10.3 Å². The molecule has 1 N–H and O–H groups in total. The zero-order valence-electron chi connectivity index (χ0n) is 10.0. The number of amidine groups is 1. The maximum Gasteiger partial charge on any atom is 0.0970 e. The van der Waals surface area contributed by atoms with Crippen LogP contribution in [0.25, 0.3) is 0 Å². The average molecular weight is 218 g/mol. The van der Waals surface area contributed by atoms with Crippen molar-refractivity contribution in [1.82, 2.24) is 5.32 Å². The molecule has 1 heterocycles. The SMILES string of the molecule is C1CNC(CC23CC4CC(CC(C4)C2)C3)=N1. The molecule has 0 spiro atoms. The Morgan fingerprint density at radius 1 is 1.06 bits per heavy atom. The third-order valence-corrected chi connectivity index (χ3v) is 5.45. The first kappa shape index (κ1) is 9.49. The zero-order valence-corrected chi connectivity index (χ0v) is 10.0. The second-order valence-electron chi connectivity index (χ2n) is 6.85. The Labute approximate surface area is 97.9 Å². The van der Waals surface area contributed by atoms with E-state index >= 15 is 0 Å². The maximum atomic E-state index is 4.62. The summed E-state index contributed by atoms with van der Waals surface area (Å²) < 4.78 is 0. The largest absolute Gasteiger partial charge is 0.372 e. The van der Waals surface area contributed by atoms with Gasteiger partial charge >= 0.3 is 0 Å². The van der Waals surface area contributed by atoms with Gasteiger partial charge in [-0.3, -0.25) is 4.99 Å². The van der Waals surface area contributed by atoms with E-state index in [9.17, 15) is 0 Å². The first-order valence-corrected chi connectivity index (χ1v) is 7.09. The van der Waals surface area contributed by atoms with E-state index in [-0.39, 0.29) is 0 Å². The minimum atomic E-state index is 0.672. The summed E-state index contributed by atoms with van der Waals surface area (Å²) in [6.45, 7) is 2.10. The molecule has 2 nitrogen and oxygen atoms in total. The lowest BCUT2D eigenvalue weighted by Crippen LogP contribution is -2.47. The number of hydrogen-bond acceptors (Lipinski definition) is 2. The molecule has 0 atom stereocenters. The van der Waals surface area contributed by atoms with Gasteiger partial charge in [-0.1, -0.05) is 0 Å². The van der Waals surface area contributed by atoms with Gasteiger partial charge in [-0.05, 0) is 61.7 Å². The fourth-order valence-electron chi connectivity index (χ4n) is 5.43. The van der Waals surface area contributed by atoms with Gasteiger partial charge in [-0.2, -0.15) is 0 Å². The van der Waals surface area contributed by atoms with Crippen molar-refractivity contribution < 1.29 is 0 Å². The smallest absolute Gasteiger partial charge is 0.0970 e. The highest BCUT2D eigenvalue weighted by Crippen LogP contribution is 2.61. The quantitative estimate of drug-likeness (QED) is 0.757. The first-order valence-electron chi connectivity index (χ1n) is 7.09. The molecule has 4 aliphatic carbocycles. The van der Waals surface area contributed by atoms with Gasteiger partial charge in [-0.15, -0.1) is 0 Å². The Hall–Kier alpha value is -0.530.